The van der Waals surface area contributed by atoms with Crippen molar-refractivity contribution >= 4 is 17.1 Å². The van der Waals surface area contributed by atoms with Crippen LogP contribution < -0.4 is 0 Å². The van der Waals surface area contributed by atoms with Gasteiger partial charge in [-0.05, 0) is 31.7 Å². The van der Waals surface area contributed by atoms with Gasteiger partial charge in [-0.2, -0.15) is 10.4 Å². The zero-order chi connectivity index (χ0) is 23.3. The Bertz CT molecular complexity index is 1240. The van der Waals surface area contributed by atoms with E-state index < -0.39 is 0 Å². The molecule has 0 radical (unpaired) electrons. The summed E-state index contributed by atoms with van der Waals surface area (Å²) in [5, 5.41) is 15.2. The lowest BCUT2D eigenvalue weighted by Crippen LogP contribution is -2.61. The van der Waals surface area contributed by atoms with Crippen LogP contribution in [0.1, 0.15) is 32.1 Å². The van der Waals surface area contributed by atoms with E-state index in [4.69, 9.17) is 0 Å². The van der Waals surface area contributed by atoms with Crippen molar-refractivity contribution in [2.75, 3.05) is 33.2 Å². The van der Waals surface area contributed by atoms with Gasteiger partial charge in [-0.3, -0.25) is 9.58 Å². The third-order valence-electron chi connectivity index (χ3n) is 7.83. The maximum Gasteiger partial charge on any atom is 0.320 e. The van der Waals surface area contributed by atoms with E-state index in [9.17, 15) is 10.1 Å². The fraction of sp³-hybridized carbons (Fsp3) is 0.542. The van der Waals surface area contributed by atoms with E-state index in [-0.39, 0.29) is 11.6 Å². The summed E-state index contributed by atoms with van der Waals surface area (Å²) in [6.45, 7) is 3.30. The molecule has 1 aliphatic heterocycles. The number of urea groups is 1. The van der Waals surface area contributed by atoms with E-state index >= 15 is 0 Å². The Kier molecular flexibility index (Phi) is 5.03. The maximum absolute atomic E-state index is 12.7. The van der Waals surface area contributed by atoms with Crippen LogP contribution >= 0.6 is 0 Å². The second-order valence-corrected chi connectivity index (χ2v) is 9.90. The highest BCUT2D eigenvalue weighted by Crippen LogP contribution is 2.45. The Hall–Kier alpha value is -3.45. The molecular weight excluding hydrogens is 430 g/mol. The summed E-state index contributed by atoms with van der Waals surface area (Å²) in [5.74, 6) is 0. The Balaban J connectivity index is 1.13. The van der Waals surface area contributed by atoms with Gasteiger partial charge in [0, 0.05) is 68.7 Å². The number of piperazine rings is 1. The van der Waals surface area contributed by atoms with Gasteiger partial charge in [-0.25, -0.2) is 14.8 Å². The summed E-state index contributed by atoms with van der Waals surface area (Å²) in [6, 6.07) is 5.38. The monoisotopic (exact) mass is 459 g/mol. The molecule has 34 heavy (non-hydrogen) atoms. The SMILES string of the molecule is CN(C(=O)N1CCN([C@H]2C[C@](CC#N)(n3cc(-c4ncnc5[nH]ccc45)cn3)C2)CC1)C1CC1. The molecule has 0 atom stereocenters. The molecule has 2 saturated carbocycles. The normalized spacial score (nSPS) is 25.2. The number of carbonyl (C=O) groups is 1. The highest BCUT2D eigenvalue weighted by atomic mass is 16.2. The lowest BCUT2D eigenvalue weighted by Gasteiger charge is -2.52. The number of nitriles is 1. The van der Waals surface area contributed by atoms with Crippen LogP contribution in [-0.2, 0) is 5.54 Å². The van der Waals surface area contributed by atoms with Crippen molar-refractivity contribution < 1.29 is 4.79 Å². The predicted octanol–water partition coefficient (Wildman–Crippen LogP) is 2.42. The Morgan fingerprint density at radius 3 is 2.79 bits per heavy atom. The van der Waals surface area contributed by atoms with Gasteiger partial charge in [-0.1, -0.05) is 0 Å². The lowest BCUT2D eigenvalue weighted by molar-refractivity contribution is -0.0145. The van der Waals surface area contributed by atoms with Gasteiger partial charge < -0.3 is 14.8 Å². The van der Waals surface area contributed by atoms with Gasteiger partial charge >= 0.3 is 6.03 Å². The van der Waals surface area contributed by atoms with Crippen LogP contribution in [0.15, 0.2) is 31.0 Å². The summed E-state index contributed by atoms with van der Waals surface area (Å²) >= 11 is 0. The van der Waals surface area contributed by atoms with Crippen LogP contribution in [0.25, 0.3) is 22.3 Å². The van der Waals surface area contributed by atoms with Crippen molar-refractivity contribution in [3.05, 3.63) is 31.0 Å². The second-order valence-electron chi connectivity index (χ2n) is 9.90. The zero-order valence-electron chi connectivity index (χ0n) is 19.4. The smallest absolute Gasteiger partial charge is 0.320 e. The Morgan fingerprint density at radius 2 is 2.06 bits per heavy atom. The first-order valence-corrected chi connectivity index (χ1v) is 12.0. The van der Waals surface area contributed by atoms with Gasteiger partial charge in [-0.15, -0.1) is 0 Å². The van der Waals surface area contributed by atoms with E-state index in [1.807, 2.05) is 46.2 Å². The Morgan fingerprint density at radius 1 is 1.26 bits per heavy atom. The average molecular weight is 460 g/mol. The minimum atomic E-state index is -0.291. The number of nitrogens with one attached hydrogen (secondary N) is 1. The van der Waals surface area contributed by atoms with E-state index in [1.54, 1.807) is 6.33 Å². The molecule has 10 heteroatoms. The van der Waals surface area contributed by atoms with Crippen LogP contribution in [0.4, 0.5) is 4.79 Å². The van der Waals surface area contributed by atoms with Crippen molar-refractivity contribution in [2.45, 2.75) is 49.7 Å². The topological polar surface area (TPSA) is 110 Å². The van der Waals surface area contributed by atoms with Crippen LogP contribution in [-0.4, -0.2) is 90.8 Å². The molecule has 0 aromatic carbocycles. The van der Waals surface area contributed by atoms with E-state index in [0.717, 1.165) is 74.2 Å². The molecule has 2 aliphatic carbocycles. The molecule has 2 amide bonds. The van der Waals surface area contributed by atoms with Crippen molar-refractivity contribution in [2.24, 2.45) is 0 Å². The number of rotatable bonds is 5. The molecular formula is C24H29N9O. The van der Waals surface area contributed by atoms with Crippen LogP contribution in [0.2, 0.25) is 0 Å². The third kappa shape index (κ3) is 3.51. The van der Waals surface area contributed by atoms with Gasteiger partial charge in [0.25, 0.3) is 0 Å². The van der Waals surface area contributed by atoms with Gasteiger partial charge in [0.05, 0.1) is 29.9 Å². The average Bonchev–Trinajstić information content (AvgIpc) is 3.36. The summed E-state index contributed by atoms with van der Waals surface area (Å²) in [4.78, 5) is 30.9. The number of hydrogen-bond donors (Lipinski definition) is 1. The van der Waals surface area contributed by atoms with Crippen molar-refractivity contribution in [1.29, 1.82) is 5.26 Å². The molecule has 6 rings (SSSR count). The van der Waals surface area contributed by atoms with Crippen molar-refractivity contribution in [1.82, 2.24) is 39.4 Å². The molecule has 0 spiro atoms. The van der Waals surface area contributed by atoms with Gasteiger partial charge in [0.2, 0.25) is 0 Å². The first-order valence-electron chi connectivity index (χ1n) is 12.0. The second kappa shape index (κ2) is 8.09. The number of fused-ring (bicyclic) bond motifs is 1. The quantitative estimate of drug-likeness (QED) is 0.628. The molecule has 3 aromatic rings. The Labute approximate surface area is 198 Å². The lowest BCUT2D eigenvalue weighted by atomic mass is 9.70. The molecule has 0 unspecified atom stereocenters. The highest BCUT2D eigenvalue weighted by Gasteiger charge is 2.49. The summed E-state index contributed by atoms with van der Waals surface area (Å²) in [6.07, 6.45) is 11.7. The summed E-state index contributed by atoms with van der Waals surface area (Å²) in [7, 11) is 1.93. The van der Waals surface area contributed by atoms with Crippen LogP contribution in [0.5, 0.6) is 0 Å². The first-order chi connectivity index (χ1) is 16.6. The van der Waals surface area contributed by atoms with Crippen molar-refractivity contribution in [3.63, 3.8) is 0 Å². The van der Waals surface area contributed by atoms with E-state index in [2.05, 4.69) is 31.0 Å². The fourth-order valence-electron chi connectivity index (χ4n) is 5.56. The molecule has 1 N–H and O–H groups in total. The summed E-state index contributed by atoms with van der Waals surface area (Å²) < 4.78 is 1.98. The van der Waals surface area contributed by atoms with Crippen LogP contribution in [0.3, 0.4) is 0 Å². The number of aromatic nitrogens is 5. The number of hydrogen-bond acceptors (Lipinski definition) is 6. The molecule has 1 saturated heterocycles. The van der Waals surface area contributed by atoms with Gasteiger partial charge in [0.1, 0.15) is 12.0 Å². The molecule has 10 nitrogen and oxygen atoms in total. The standard InChI is InChI=1S/C24H29N9O/c1-30(18-2-3-18)23(34)32-10-8-31(9-11-32)19-12-24(13-19,5-6-25)33-15-17(14-29-33)21-20-4-7-26-22(20)28-16-27-21/h4,7,14-16,18-19H,2-3,5,8-13H2,1H3,(H,26,27,28)/t19-,24-. The number of amides is 2. The molecule has 4 heterocycles. The fourth-order valence-corrected chi connectivity index (χ4v) is 5.56. The molecule has 176 valence electrons. The molecule has 3 aromatic heterocycles. The van der Waals surface area contributed by atoms with E-state index in [0.29, 0.717) is 18.5 Å². The first kappa shape index (κ1) is 21.1. The minimum Gasteiger partial charge on any atom is -0.346 e. The molecule has 3 aliphatic rings. The number of nitrogens with zero attached hydrogens (tertiary/aromatic N) is 8. The van der Waals surface area contributed by atoms with Gasteiger partial charge in [0.15, 0.2) is 0 Å². The largest absolute Gasteiger partial charge is 0.346 e. The summed E-state index contributed by atoms with van der Waals surface area (Å²) in [5.41, 5.74) is 2.28. The maximum atomic E-state index is 12.7. The zero-order valence-corrected chi connectivity index (χ0v) is 19.4. The number of H-pyrrole nitrogens is 1. The number of aromatic amines is 1. The van der Waals surface area contributed by atoms with Crippen molar-refractivity contribution in [3.8, 4) is 17.3 Å². The van der Waals surface area contributed by atoms with E-state index in [1.165, 1.54) is 0 Å². The van der Waals surface area contributed by atoms with Crippen LogP contribution in [0, 0.1) is 11.3 Å². The third-order valence-corrected chi connectivity index (χ3v) is 7.83. The highest BCUT2D eigenvalue weighted by molar-refractivity contribution is 5.90. The number of carbonyl (C=O) groups excluding carboxylic acids is 1. The minimum absolute atomic E-state index is 0.167. The molecule has 3 fully saturated rings. The predicted molar refractivity (Wildman–Crippen MR) is 126 cm³/mol. The molecule has 0 bridgehead atoms.